The van der Waals surface area contributed by atoms with E-state index in [2.05, 4.69) is 10.3 Å². The minimum atomic E-state index is -1.32. The molecule has 1 amide bonds. The van der Waals surface area contributed by atoms with Crippen LogP contribution < -0.4 is 10.1 Å². The Bertz CT molecular complexity index is 584. The van der Waals surface area contributed by atoms with Gasteiger partial charge in [0.05, 0.1) is 20.3 Å². The van der Waals surface area contributed by atoms with Crippen molar-refractivity contribution in [3.63, 3.8) is 0 Å². The van der Waals surface area contributed by atoms with Gasteiger partial charge < -0.3 is 19.9 Å². The van der Waals surface area contributed by atoms with Gasteiger partial charge >= 0.3 is 6.09 Å². The standard InChI is InChI=1S/C14H16F2N2O4/c1-3-22-13-12(18-14(19)20)8(6-17-13)11-9(15)4-7(21-2)5-10(11)16/h4-5,8,12,18H,3,6H2,1-2H3,(H,19,20). The zero-order valence-electron chi connectivity index (χ0n) is 12.1. The lowest BCUT2D eigenvalue weighted by Gasteiger charge is -2.22. The molecule has 0 radical (unpaired) electrons. The molecule has 2 unspecified atom stereocenters. The van der Waals surface area contributed by atoms with E-state index < -0.39 is 29.7 Å². The van der Waals surface area contributed by atoms with Crippen LogP contribution >= 0.6 is 0 Å². The minimum absolute atomic E-state index is 0.0282. The van der Waals surface area contributed by atoms with Crippen molar-refractivity contribution in [2.75, 3.05) is 20.3 Å². The molecule has 1 aliphatic heterocycles. The first-order chi connectivity index (χ1) is 10.5. The van der Waals surface area contributed by atoms with E-state index >= 15 is 0 Å². The molecule has 0 bridgehead atoms. The number of nitrogens with zero attached hydrogens (tertiary/aromatic N) is 1. The number of nitrogens with one attached hydrogen (secondary N) is 1. The molecule has 0 spiro atoms. The third-order valence-electron chi connectivity index (χ3n) is 3.34. The lowest BCUT2D eigenvalue weighted by Crippen LogP contribution is -2.43. The first-order valence-electron chi connectivity index (χ1n) is 6.67. The van der Waals surface area contributed by atoms with E-state index in [1.807, 2.05) is 0 Å². The second-order valence-electron chi connectivity index (χ2n) is 4.65. The van der Waals surface area contributed by atoms with Crippen LogP contribution in [0.1, 0.15) is 18.4 Å². The molecule has 0 aromatic heterocycles. The van der Waals surface area contributed by atoms with E-state index in [9.17, 15) is 13.6 Å². The average molecular weight is 314 g/mol. The van der Waals surface area contributed by atoms with Crippen LogP contribution in [0.4, 0.5) is 13.6 Å². The Hall–Kier alpha value is -2.38. The maximum atomic E-state index is 14.2. The lowest BCUT2D eigenvalue weighted by molar-refractivity contribution is 0.189. The van der Waals surface area contributed by atoms with Gasteiger partial charge in [0.25, 0.3) is 0 Å². The van der Waals surface area contributed by atoms with Crippen molar-refractivity contribution in [2.45, 2.75) is 18.9 Å². The topological polar surface area (TPSA) is 80.2 Å². The van der Waals surface area contributed by atoms with Gasteiger partial charge in [0.2, 0.25) is 5.90 Å². The second-order valence-corrected chi connectivity index (χ2v) is 4.65. The molecule has 1 aliphatic rings. The summed E-state index contributed by atoms with van der Waals surface area (Å²) in [4.78, 5) is 15.0. The fourth-order valence-electron chi connectivity index (χ4n) is 2.43. The van der Waals surface area contributed by atoms with Gasteiger partial charge in [-0.05, 0) is 6.92 Å². The molecule has 22 heavy (non-hydrogen) atoms. The number of carboxylic acid groups (broad SMARTS) is 1. The number of rotatable bonds is 4. The van der Waals surface area contributed by atoms with Crippen LogP contribution in [0.15, 0.2) is 17.1 Å². The SMILES string of the molecule is CCOC1=NCC(c2c(F)cc(OC)cc2F)C1NC(=O)O. The van der Waals surface area contributed by atoms with Crippen LogP contribution in [0.5, 0.6) is 5.75 Å². The van der Waals surface area contributed by atoms with Crippen LogP contribution in [0.25, 0.3) is 0 Å². The second kappa shape index (κ2) is 6.59. The summed E-state index contributed by atoms with van der Waals surface area (Å²) in [6.45, 7) is 2.01. The third-order valence-corrected chi connectivity index (χ3v) is 3.34. The van der Waals surface area contributed by atoms with Gasteiger partial charge in [-0.15, -0.1) is 0 Å². The van der Waals surface area contributed by atoms with Crippen LogP contribution in [0, 0.1) is 11.6 Å². The highest BCUT2D eigenvalue weighted by Gasteiger charge is 2.38. The summed E-state index contributed by atoms with van der Waals surface area (Å²) in [6, 6.07) is 1.17. The number of methoxy groups -OCH3 is 1. The van der Waals surface area contributed by atoms with Crippen LogP contribution in [-0.2, 0) is 4.74 Å². The van der Waals surface area contributed by atoms with Crippen molar-refractivity contribution in [1.29, 1.82) is 0 Å². The molecule has 2 N–H and O–H groups in total. The number of aliphatic imine (C=N–C) groups is 1. The summed E-state index contributed by atoms with van der Waals surface area (Å²) in [5.41, 5.74) is -0.238. The first-order valence-corrected chi connectivity index (χ1v) is 6.67. The zero-order chi connectivity index (χ0) is 16.3. The number of ether oxygens (including phenoxy) is 2. The Labute approximate surface area is 125 Å². The van der Waals surface area contributed by atoms with E-state index in [1.165, 1.54) is 7.11 Å². The van der Waals surface area contributed by atoms with Crippen LogP contribution in [-0.4, -0.2) is 43.4 Å². The van der Waals surface area contributed by atoms with Crippen LogP contribution in [0.3, 0.4) is 0 Å². The first kappa shape index (κ1) is 16.0. The molecule has 1 aromatic rings. The molecule has 0 aliphatic carbocycles. The summed E-state index contributed by atoms with van der Waals surface area (Å²) in [5.74, 6) is -2.27. The Morgan fingerprint density at radius 2 is 2.09 bits per heavy atom. The Morgan fingerprint density at radius 3 is 2.59 bits per heavy atom. The molecule has 1 aromatic carbocycles. The van der Waals surface area contributed by atoms with Crippen molar-refractivity contribution in [2.24, 2.45) is 4.99 Å². The van der Waals surface area contributed by atoms with E-state index in [-0.39, 0.29) is 30.4 Å². The molecule has 0 fully saturated rings. The maximum absolute atomic E-state index is 14.2. The largest absolute Gasteiger partial charge is 0.497 e. The van der Waals surface area contributed by atoms with Gasteiger partial charge in [0.1, 0.15) is 23.4 Å². The average Bonchev–Trinajstić information content (AvgIpc) is 2.81. The summed E-state index contributed by atoms with van der Waals surface area (Å²) >= 11 is 0. The summed E-state index contributed by atoms with van der Waals surface area (Å²) < 4.78 is 38.4. The molecule has 0 saturated carbocycles. The summed E-state index contributed by atoms with van der Waals surface area (Å²) in [6.07, 6.45) is -1.32. The Morgan fingerprint density at radius 1 is 1.45 bits per heavy atom. The van der Waals surface area contributed by atoms with Gasteiger partial charge in [-0.3, -0.25) is 4.99 Å². The predicted molar refractivity (Wildman–Crippen MR) is 74.5 cm³/mol. The van der Waals surface area contributed by atoms with Crippen molar-refractivity contribution < 1.29 is 28.2 Å². The zero-order valence-corrected chi connectivity index (χ0v) is 12.1. The van der Waals surface area contributed by atoms with E-state index in [1.54, 1.807) is 6.92 Å². The van der Waals surface area contributed by atoms with E-state index in [4.69, 9.17) is 14.6 Å². The van der Waals surface area contributed by atoms with Crippen LogP contribution in [0.2, 0.25) is 0 Å². The lowest BCUT2D eigenvalue weighted by atomic mass is 9.92. The number of hydrogen-bond donors (Lipinski definition) is 2. The highest BCUT2D eigenvalue weighted by Crippen LogP contribution is 2.33. The molecule has 2 rings (SSSR count). The van der Waals surface area contributed by atoms with Gasteiger partial charge in [0, 0.05) is 23.6 Å². The number of hydrogen-bond acceptors (Lipinski definition) is 4. The number of carbonyl (C=O) groups is 1. The van der Waals surface area contributed by atoms with Crippen molar-refractivity contribution in [1.82, 2.24) is 5.32 Å². The summed E-state index contributed by atoms with van der Waals surface area (Å²) in [7, 11) is 1.30. The van der Waals surface area contributed by atoms with Gasteiger partial charge in [0.15, 0.2) is 0 Å². The van der Waals surface area contributed by atoms with Crippen molar-refractivity contribution in [3.05, 3.63) is 29.3 Å². The molecule has 6 nitrogen and oxygen atoms in total. The molecule has 2 atom stereocenters. The summed E-state index contributed by atoms with van der Waals surface area (Å²) in [5, 5.41) is 11.1. The van der Waals surface area contributed by atoms with Gasteiger partial charge in [-0.2, -0.15) is 0 Å². The fourth-order valence-corrected chi connectivity index (χ4v) is 2.43. The quantitative estimate of drug-likeness (QED) is 0.892. The Kier molecular flexibility index (Phi) is 4.79. The minimum Gasteiger partial charge on any atom is -0.497 e. The molecular formula is C14H16F2N2O4. The van der Waals surface area contributed by atoms with Crippen molar-refractivity contribution >= 4 is 12.0 Å². The fraction of sp³-hybridized carbons (Fsp3) is 0.429. The van der Waals surface area contributed by atoms with E-state index in [0.29, 0.717) is 0 Å². The van der Waals surface area contributed by atoms with Crippen molar-refractivity contribution in [3.8, 4) is 5.75 Å². The highest BCUT2D eigenvalue weighted by atomic mass is 19.1. The third kappa shape index (κ3) is 3.10. The van der Waals surface area contributed by atoms with Gasteiger partial charge in [-0.1, -0.05) is 0 Å². The molecular weight excluding hydrogens is 298 g/mol. The smallest absolute Gasteiger partial charge is 0.405 e. The molecule has 1 heterocycles. The number of halogens is 2. The van der Waals surface area contributed by atoms with E-state index in [0.717, 1.165) is 12.1 Å². The molecule has 120 valence electrons. The molecule has 0 saturated heterocycles. The molecule has 8 heteroatoms. The highest BCUT2D eigenvalue weighted by molar-refractivity contribution is 5.88. The monoisotopic (exact) mass is 314 g/mol. The maximum Gasteiger partial charge on any atom is 0.405 e. The normalized spacial score (nSPS) is 20.5. The Balaban J connectivity index is 2.37. The number of amides is 1. The predicted octanol–water partition coefficient (Wildman–Crippen LogP) is 2.14. The number of benzene rings is 1. The van der Waals surface area contributed by atoms with Gasteiger partial charge in [-0.25, -0.2) is 13.6 Å².